The molecule has 1 aliphatic carbocycles. The van der Waals surface area contributed by atoms with E-state index in [-0.39, 0.29) is 6.04 Å². The van der Waals surface area contributed by atoms with Crippen LogP contribution in [0.4, 0.5) is 0 Å². The molecule has 3 N–H and O–H groups in total. The van der Waals surface area contributed by atoms with Crippen LogP contribution < -0.4 is 16.0 Å². The van der Waals surface area contributed by atoms with Crippen LogP contribution in [0.15, 0.2) is 18.2 Å². The van der Waals surface area contributed by atoms with Gasteiger partial charge in [-0.2, -0.15) is 0 Å². The topological polar surface area (TPSA) is 47.3 Å². The molecular formula is C13H20N2O. The van der Waals surface area contributed by atoms with Crippen LogP contribution in [-0.4, -0.2) is 7.11 Å². The third-order valence-electron chi connectivity index (χ3n) is 3.30. The van der Waals surface area contributed by atoms with E-state index in [2.05, 4.69) is 23.6 Å². The van der Waals surface area contributed by atoms with E-state index in [0.29, 0.717) is 0 Å². The summed E-state index contributed by atoms with van der Waals surface area (Å²) in [5.41, 5.74) is 5.28. The van der Waals surface area contributed by atoms with Crippen LogP contribution >= 0.6 is 0 Å². The molecule has 0 radical (unpaired) electrons. The third-order valence-corrected chi connectivity index (χ3v) is 3.30. The lowest BCUT2D eigenvalue weighted by atomic mass is 10.00. The highest BCUT2D eigenvalue weighted by Crippen LogP contribution is 2.38. The molecule has 1 aromatic carbocycles. The standard InChI is InChI=1S/C13H20N2O/c1-9-3-6-11(8-13(9)16-2)12(15-14)7-10-4-5-10/h3,6,8,10,12,15H,4-5,7,14H2,1-2H3. The first kappa shape index (κ1) is 11.4. The summed E-state index contributed by atoms with van der Waals surface area (Å²) in [6, 6.07) is 6.56. The first-order chi connectivity index (χ1) is 7.74. The molecule has 16 heavy (non-hydrogen) atoms. The van der Waals surface area contributed by atoms with E-state index in [4.69, 9.17) is 10.6 Å². The molecule has 88 valence electrons. The lowest BCUT2D eigenvalue weighted by Gasteiger charge is -2.17. The molecule has 0 spiro atoms. The van der Waals surface area contributed by atoms with Crippen LogP contribution in [0.25, 0.3) is 0 Å². The van der Waals surface area contributed by atoms with Crippen molar-refractivity contribution < 1.29 is 4.74 Å². The predicted octanol–water partition coefficient (Wildman–Crippen LogP) is 2.31. The van der Waals surface area contributed by atoms with Crippen molar-refractivity contribution in [3.8, 4) is 5.75 Å². The molecule has 0 amide bonds. The lowest BCUT2D eigenvalue weighted by molar-refractivity contribution is 0.408. The van der Waals surface area contributed by atoms with Gasteiger partial charge in [-0.3, -0.25) is 11.3 Å². The fraction of sp³-hybridized carbons (Fsp3) is 0.538. The number of rotatable bonds is 5. The highest BCUT2D eigenvalue weighted by Gasteiger charge is 2.25. The van der Waals surface area contributed by atoms with Crippen LogP contribution in [0.3, 0.4) is 0 Å². The molecule has 0 bridgehead atoms. The summed E-state index contributed by atoms with van der Waals surface area (Å²) in [6.07, 6.45) is 3.82. The summed E-state index contributed by atoms with van der Waals surface area (Å²) >= 11 is 0. The van der Waals surface area contributed by atoms with E-state index >= 15 is 0 Å². The van der Waals surface area contributed by atoms with Crippen molar-refractivity contribution in [1.82, 2.24) is 5.43 Å². The number of nitrogens with one attached hydrogen (secondary N) is 1. The Hall–Kier alpha value is -1.06. The summed E-state index contributed by atoms with van der Waals surface area (Å²) in [7, 11) is 1.71. The van der Waals surface area contributed by atoms with Crippen molar-refractivity contribution in [2.24, 2.45) is 11.8 Å². The van der Waals surface area contributed by atoms with Gasteiger partial charge in [-0.05, 0) is 36.5 Å². The zero-order chi connectivity index (χ0) is 11.5. The SMILES string of the molecule is COc1cc(C(CC2CC2)NN)ccc1C. The Kier molecular flexibility index (Phi) is 3.46. The maximum atomic E-state index is 5.62. The predicted molar refractivity (Wildman–Crippen MR) is 65.1 cm³/mol. The second-order valence-corrected chi connectivity index (χ2v) is 4.63. The van der Waals surface area contributed by atoms with E-state index in [9.17, 15) is 0 Å². The van der Waals surface area contributed by atoms with E-state index in [0.717, 1.165) is 23.7 Å². The average molecular weight is 220 g/mol. The monoisotopic (exact) mass is 220 g/mol. The first-order valence-electron chi connectivity index (χ1n) is 5.85. The van der Waals surface area contributed by atoms with Crippen LogP contribution in [0, 0.1) is 12.8 Å². The number of aryl methyl sites for hydroxylation is 1. The summed E-state index contributed by atoms with van der Waals surface area (Å²) in [4.78, 5) is 0. The van der Waals surface area contributed by atoms with Crippen LogP contribution in [0.5, 0.6) is 5.75 Å². The molecule has 3 nitrogen and oxygen atoms in total. The smallest absolute Gasteiger partial charge is 0.122 e. The minimum Gasteiger partial charge on any atom is -0.496 e. The molecule has 0 aliphatic heterocycles. The second-order valence-electron chi connectivity index (χ2n) is 4.63. The Morgan fingerprint density at radius 1 is 1.50 bits per heavy atom. The molecule has 2 rings (SSSR count). The van der Waals surface area contributed by atoms with Gasteiger partial charge in [0.25, 0.3) is 0 Å². The van der Waals surface area contributed by atoms with Gasteiger partial charge in [-0.25, -0.2) is 0 Å². The number of hydrogen-bond donors (Lipinski definition) is 2. The molecule has 1 atom stereocenters. The van der Waals surface area contributed by atoms with Gasteiger partial charge < -0.3 is 4.74 Å². The molecule has 1 aromatic rings. The number of nitrogens with two attached hydrogens (primary N) is 1. The Labute approximate surface area is 97.0 Å². The van der Waals surface area contributed by atoms with Gasteiger partial charge in [-0.15, -0.1) is 0 Å². The van der Waals surface area contributed by atoms with Gasteiger partial charge in [-0.1, -0.05) is 25.0 Å². The fourth-order valence-corrected chi connectivity index (χ4v) is 2.04. The molecule has 1 fully saturated rings. The van der Waals surface area contributed by atoms with Crippen molar-refractivity contribution in [1.29, 1.82) is 0 Å². The molecule has 3 heteroatoms. The van der Waals surface area contributed by atoms with E-state index in [1.54, 1.807) is 7.11 Å². The Balaban J connectivity index is 2.16. The van der Waals surface area contributed by atoms with Gasteiger partial charge in [0.2, 0.25) is 0 Å². The molecule has 0 saturated heterocycles. The molecular weight excluding hydrogens is 200 g/mol. The minimum atomic E-state index is 0.252. The average Bonchev–Trinajstić information content (AvgIpc) is 3.11. The summed E-state index contributed by atoms with van der Waals surface area (Å²) < 4.78 is 5.33. The lowest BCUT2D eigenvalue weighted by Crippen LogP contribution is -2.28. The van der Waals surface area contributed by atoms with Gasteiger partial charge in [0.15, 0.2) is 0 Å². The fourth-order valence-electron chi connectivity index (χ4n) is 2.04. The number of hydrazine groups is 1. The zero-order valence-corrected chi connectivity index (χ0v) is 9.99. The van der Waals surface area contributed by atoms with Gasteiger partial charge >= 0.3 is 0 Å². The second kappa shape index (κ2) is 4.85. The summed E-state index contributed by atoms with van der Waals surface area (Å²) in [6.45, 7) is 2.05. The first-order valence-corrected chi connectivity index (χ1v) is 5.85. The zero-order valence-electron chi connectivity index (χ0n) is 9.99. The van der Waals surface area contributed by atoms with Gasteiger partial charge in [0.05, 0.1) is 7.11 Å². The summed E-state index contributed by atoms with van der Waals surface area (Å²) in [5, 5.41) is 0. The number of methoxy groups -OCH3 is 1. The van der Waals surface area contributed by atoms with Crippen molar-refractivity contribution in [2.45, 2.75) is 32.2 Å². The molecule has 1 aliphatic rings. The highest BCUT2D eigenvalue weighted by atomic mass is 16.5. The number of hydrogen-bond acceptors (Lipinski definition) is 3. The maximum Gasteiger partial charge on any atom is 0.122 e. The van der Waals surface area contributed by atoms with E-state index < -0.39 is 0 Å². The van der Waals surface area contributed by atoms with E-state index in [1.165, 1.54) is 18.4 Å². The van der Waals surface area contributed by atoms with Gasteiger partial charge in [0.1, 0.15) is 5.75 Å². The minimum absolute atomic E-state index is 0.252. The van der Waals surface area contributed by atoms with E-state index in [1.807, 2.05) is 6.92 Å². The third kappa shape index (κ3) is 2.54. The summed E-state index contributed by atoms with van der Waals surface area (Å²) in [5.74, 6) is 7.41. The van der Waals surface area contributed by atoms with Crippen molar-refractivity contribution in [2.75, 3.05) is 7.11 Å². The van der Waals surface area contributed by atoms with Crippen molar-refractivity contribution in [3.05, 3.63) is 29.3 Å². The number of ether oxygens (including phenoxy) is 1. The molecule has 0 heterocycles. The molecule has 1 saturated carbocycles. The Morgan fingerprint density at radius 3 is 2.81 bits per heavy atom. The normalized spacial score (nSPS) is 17.2. The van der Waals surface area contributed by atoms with Crippen molar-refractivity contribution >= 4 is 0 Å². The molecule has 0 aromatic heterocycles. The Bertz CT molecular complexity index is 361. The maximum absolute atomic E-state index is 5.62. The van der Waals surface area contributed by atoms with Gasteiger partial charge in [0, 0.05) is 6.04 Å². The quantitative estimate of drug-likeness (QED) is 0.591. The van der Waals surface area contributed by atoms with Crippen LogP contribution in [-0.2, 0) is 0 Å². The van der Waals surface area contributed by atoms with Crippen molar-refractivity contribution in [3.63, 3.8) is 0 Å². The highest BCUT2D eigenvalue weighted by molar-refractivity contribution is 5.37. The van der Waals surface area contributed by atoms with Crippen LogP contribution in [0.1, 0.15) is 36.4 Å². The molecule has 1 unspecified atom stereocenters. The number of benzene rings is 1. The van der Waals surface area contributed by atoms with Crippen LogP contribution in [0.2, 0.25) is 0 Å². The largest absolute Gasteiger partial charge is 0.496 e. The Morgan fingerprint density at radius 2 is 2.25 bits per heavy atom.